The summed E-state index contributed by atoms with van der Waals surface area (Å²) in [4.78, 5) is 10.4. The fourth-order valence-corrected chi connectivity index (χ4v) is 2.68. The van der Waals surface area contributed by atoms with Crippen LogP contribution in [0.3, 0.4) is 0 Å². The molecule has 1 aromatic carbocycles. The first-order valence-electron chi connectivity index (χ1n) is 5.92. The van der Waals surface area contributed by atoms with Crippen LogP contribution in [-0.4, -0.2) is 24.7 Å². The fraction of sp³-hybridized carbons (Fsp3) is 0.231. The lowest BCUT2D eigenvalue weighted by Gasteiger charge is -2.12. The molecule has 0 saturated heterocycles. The van der Waals surface area contributed by atoms with E-state index in [1.54, 1.807) is 6.07 Å². The smallest absolute Gasteiger partial charge is 0.328 e. The van der Waals surface area contributed by atoms with Gasteiger partial charge in [-0.3, -0.25) is 4.72 Å². The predicted octanol–water partition coefficient (Wildman–Crippen LogP) is 1.97. The Kier molecular flexibility index (Phi) is 5.44. The van der Waals surface area contributed by atoms with Crippen LogP contribution in [0.4, 0.5) is 10.1 Å². The van der Waals surface area contributed by atoms with Gasteiger partial charge in [0, 0.05) is 6.08 Å². The summed E-state index contributed by atoms with van der Waals surface area (Å²) < 4.78 is 39.4. The lowest BCUT2D eigenvalue weighted by Crippen LogP contribution is -2.26. The van der Waals surface area contributed by atoms with E-state index in [1.807, 2.05) is 4.72 Å². The van der Waals surface area contributed by atoms with Gasteiger partial charge in [-0.05, 0) is 30.2 Å². The second-order valence-corrected chi connectivity index (χ2v) is 5.95. The number of benzene rings is 1. The van der Waals surface area contributed by atoms with Crippen LogP contribution >= 0.6 is 0 Å². The maximum atomic E-state index is 13.8. The van der Waals surface area contributed by atoms with E-state index in [4.69, 9.17) is 10.4 Å². The minimum atomic E-state index is -4.00. The van der Waals surface area contributed by atoms with Crippen molar-refractivity contribution in [1.29, 1.82) is 5.26 Å². The zero-order valence-electron chi connectivity index (χ0n) is 11.1. The van der Waals surface area contributed by atoms with E-state index in [-0.39, 0.29) is 17.7 Å². The first-order chi connectivity index (χ1) is 9.80. The van der Waals surface area contributed by atoms with Gasteiger partial charge in [0.1, 0.15) is 5.82 Å². The molecule has 8 heteroatoms. The molecule has 0 amide bonds. The highest BCUT2D eigenvalue weighted by atomic mass is 32.2. The van der Waals surface area contributed by atoms with Crippen molar-refractivity contribution >= 4 is 27.8 Å². The molecule has 0 aliphatic rings. The molecule has 1 unspecified atom stereocenters. The molecule has 0 bridgehead atoms. The maximum absolute atomic E-state index is 13.8. The molecule has 0 heterocycles. The van der Waals surface area contributed by atoms with Gasteiger partial charge in [-0.2, -0.15) is 5.26 Å². The standard InChI is InChI=1S/C13H13FN2O4S/c1-2-10(8-15)21(19,20)16-12-5-3-9(7-11(12)14)4-6-13(17)18/h3-7,10,16H,2H2,1H3,(H,17,18). The number of anilines is 1. The van der Waals surface area contributed by atoms with E-state index in [2.05, 4.69) is 0 Å². The number of carboxylic acids is 1. The Bertz CT molecular complexity index is 707. The van der Waals surface area contributed by atoms with Crippen LogP contribution in [0.5, 0.6) is 0 Å². The summed E-state index contributed by atoms with van der Waals surface area (Å²) in [5.41, 5.74) is -0.0265. The SMILES string of the molecule is CCC(C#N)S(=O)(=O)Nc1ccc(C=CC(=O)O)cc1F. The Labute approximate surface area is 121 Å². The highest BCUT2D eigenvalue weighted by Crippen LogP contribution is 2.20. The summed E-state index contributed by atoms with van der Waals surface area (Å²) in [6.45, 7) is 1.53. The molecule has 0 spiro atoms. The van der Waals surface area contributed by atoms with Crippen molar-refractivity contribution in [2.75, 3.05) is 4.72 Å². The number of rotatable bonds is 6. The molecule has 0 saturated carbocycles. The Morgan fingerprint density at radius 1 is 1.57 bits per heavy atom. The molecule has 2 N–H and O–H groups in total. The van der Waals surface area contributed by atoms with E-state index in [0.717, 1.165) is 12.1 Å². The van der Waals surface area contributed by atoms with Crippen molar-refractivity contribution in [2.45, 2.75) is 18.6 Å². The van der Waals surface area contributed by atoms with Gasteiger partial charge < -0.3 is 5.11 Å². The van der Waals surface area contributed by atoms with Crippen LogP contribution in [0, 0.1) is 17.1 Å². The van der Waals surface area contributed by atoms with E-state index in [9.17, 15) is 17.6 Å². The number of sulfonamides is 1. The molecule has 0 radical (unpaired) electrons. The molecule has 1 aromatic rings. The number of aliphatic carboxylic acids is 1. The predicted molar refractivity (Wildman–Crippen MR) is 75.3 cm³/mol. The number of halogens is 1. The van der Waals surface area contributed by atoms with Crippen molar-refractivity contribution in [3.05, 3.63) is 35.7 Å². The molecule has 1 rings (SSSR count). The molecule has 21 heavy (non-hydrogen) atoms. The Balaban J connectivity index is 3.02. The van der Waals surface area contributed by atoms with Crippen LogP contribution in [0.1, 0.15) is 18.9 Å². The average molecular weight is 312 g/mol. The third-order valence-electron chi connectivity index (χ3n) is 2.55. The summed E-state index contributed by atoms with van der Waals surface area (Å²) in [5, 5.41) is 15.9. The van der Waals surface area contributed by atoms with Crippen LogP contribution < -0.4 is 4.72 Å². The minimum Gasteiger partial charge on any atom is -0.478 e. The largest absolute Gasteiger partial charge is 0.478 e. The monoisotopic (exact) mass is 312 g/mol. The number of hydrogen-bond donors (Lipinski definition) is 2. The Morgan fingerprint density at radius 3 is 2.71 bits per heavy atom. The van der Waals surface area contributed by atoms with Crippen molar-refractivity contribution in [2.24, 2.45) is 0 Å². The number of carboxylic acid groups (broad SMARTS) is 1. The van der Waals surface area contributed by atoms with Gasteiger partial charge in [0.25, 0.3) is 0 Å². The van der Waals surface area contributed by atoms with Gasteiger partial charge in [-0.25, -0.2) is 17.6 Å². The highest BCUT2D eigenvalue weighted by Gasteiger charge is 2.24. The van der Waals surface area contributed by atoms with Crippen molar-refractivity contribution in [3.8, 4) is 6.07 Å². The third-order valence-corrected chi connectivity index (χ3v) is 4.25. The molecule has 0 fully saturated rings. The molecular formula is C13H13FN2O4S. The molecule has 0 aliphatic heterocycles. The number of carbonyl (C=O) groups is 1. The van der Waals surface area contributed by atoms with Crippen LogP contribution in [0.25, 0.3) is 6.08 Å². The second kappa shape index (κ2) is 6.85. The van der Waals surface area contributed by atoms with Gasteiger partial charge in [0.05, 0.1) is 11.8 Å². The van der Waals surface area contributed by atoms with Gasteiger partial charge in [-0.15, -0.1) is 0 Å². The van der Waals surface area contributed by atoms with Crippen LogP contribution in [0.2, 0.25) is 0 Å². The number of nitriles is 1. The van der Waals surface area contributed by atoms with Crippen molar-refractivity contribution in [1.82, 2.24) is 0 Å². The van der Waals surface area contributed by atoms with E-state index in [1.165, 1.54) is 25.1 Å². The third kappa shape index (κ3) is 4.57. The topological polar surface area (TPSA) is 107 Å². The minimum absolute atomic E-state index is 0.0763. The lowest BCUT2D eigenvalue weighted by molar-refractivity contribution is -0.131. The first-order valence-corrected chi connectivity index (χ1v) is 7.46. The number of nitrogens with zero attached hydrogens (tertiary/aromatic N) is 1. The van der Waals surface area contributed by atoms with Gasteiger partial charge in [-0.1, -0.05) is 13.0 Å². The molecular weight excluding hydrogens is 299 g/mol. The fourth-order valence-electron chi connectivity index (χ4n) is 1.49. The molecule has 0 aliphatic carbocycles. The summed E-state index contributed by atoms with van der Waals surface area (Å²) in [6, 6.07) is 5.14. The lowest BCUT2D eigenvalue weighted by atomic mass is 10.2. The Hall–Kier alpha value is -2.40. The number of nitrogens with one attached hydrogen (secondary N) is 1. The average Bonchev–Trinajstić information content (AvgIpc) is 2.40. The van der Waals surface area contributed by atoms with Gasteiger partial charge in [0.15, 0.2) is 5.25 Å². The second-order valence-electron chi connectivity index (χ2n) is 4.08. The van der Waals surface area contributed by atoms with Gasteiger partial charge in [0.2, 0.25) is 10.0 Å². The van der Waals surface area contributed by atoms with E-state index in [0.29, 0.717) is 0 Å². The van der Waals surface area contributed by atoms with E-state index < -0.39 is 27.1 Å². The van der Waals surface area contributed by atoms with Gasteiger partial charge >= 0.3 is 5.97 Å². The zero-order valence-corrected chi connectivity index (χ0v) is 11.9. The van der Waals surface area contributed by atoms with Crippen molar-refractivity contribution < 1.29 is 22.7 Å². The maximum Gasteiger partial charge on any atom is 0.328 e. The molecule has 0 aromatic heterocycles. The summed E-state index contributed by atoms with van der Waals surface area (Å²) in [6.07, 6.45) is 2.09. The number of hydrogen-bond acceptors (Lipinski definition) is 4. The first kappa shape index (κ1) is 16.7. The van der Waals surface area contributed by atoms with Crippen LogP contribution in [-0.2, 0) is 14.8 Å². The highest BCUT2D eigenvalue weighted by molar-refractivity contribution is 7.93. The molecule has 6 nitrogen and oxygen atoms in total. The quantitative estimate of drug-likeness (QED) is 0.781. The summed E-state index contributed by atoms with van der Waals surface area (Å²) in [5.74, 6) is -2.04. The molecule has 1 atom stereocenters. The van der Waals surface area contributed by atoms with E-state index >= 15 is 0 Å². The Morgan fingerprint density at radius 2 is 2.24 bits per heavy atom. The zero-order chi connectivity index (χ0) is 16.0. The van der Waals surface area contributed by atoms with Crippen LogP contribution in [0.15, 0.2) is 24.3 Å². The molecule has 112 valence electrons. The normalized spacial score (nSPS) is 12.8. The summed E-state index contributed by atoms with van der Waals surface area (Å²) >= 11 is 0. The van der Waals surface area contributed by atoms with Crippen molar-refractivity contribution in [3.63, 3.8) is 0 Å². The summed E-state index contributed by atoms with van der Waals surface area (Å²) in [7, 11) is -4.00.